The molecule has 0 spiro atoms. The van der Waals surface area contributed by atoms with Crippen molar-refractivity contribution in [1.82, 2.24) is 10.6 Å². The Hall–Kier alpha value is -0.280. The predicted octanol–water partition coefficient (Wildman–Crippen LogP) is 2.44. The number of benzene rings is 1. The average molecular weight is 245 g/mol. The molecule has 0 radical (unpaired) electrons. The Morgan fingerprint density at radius 1 is 1.33 bits per heavy atom. The molecule has 82 valence electrons. The normalized spacial score (nSPS) is 20.8. The molecular weight excluding hydrogens is 231 g/mol. The van der Waals surface area contributed by atoms with E-state index in [4.69, 9.17) is 23.2 Å². The summed E-state index contributed by atoms with van der Waals surface area (Å²) in [6.07, 6.45) is 1.20. The number of hydrogen-bond donors (Lipinski definition) is 2. The molecule has 0 amide bonds. The van der Waals surface area contributed by atoms with Crippen molar-refractivity contribution in [2.24, 2.45) is 0 Å². The van der Waals surface area contributed by atoms with E-state index >= 15 is 0 Å². The van der Waals surface area contributed by atoms with Crippen LogP contribution in [0.4, 0.5) is 0 Å². The van der Waals surface area contributed by atoms with Gasteiger partial charge in [-0.2, -0.15) is 0 Å². The highest BCUT2D eigenvalue weighted by Crippen LogP contribution is 2.22. The van der Waals surface area contributed by atoms with E-state index in [0.29, 0.717) is 16.1 Å². The van der Waals surface area contributed by atoms with Crippen molar-refractivity contribution in [3.05, 3.63) is 33.8 Å². The van der Waals surface area contributed by atoms with Gasteiger partial charge in [0.2, 0.25) is 0 Å². The SMILES string of the molecule is Clc1ccc(CN[C@@H]2CCNC2)cc1Cl. The first-order valence-corrected chi connectivity index (χ1v) is 5.89. The minimum absolute atomic E-state index is 0.583. The van der Waals surface area contributed by atoms with Gasteiger partial charge in [0.25, 0.3) is 0 Å². The monoisotopic (exact) mass is 244 g/mol. The van der Waals surface area contributed by atoms with Crippen LogP contribution in [0.25, 0.3) is 0 Å². The van der Waals surface area contributed by atoms with Crippen molar-refractivity contribution in [3.8, 4) is 0 Å². The summed E-state index contributed by atoms with van der Waals surface area (Å²) in [5.41, 5.74) is 1.18. The lowest BCUT2D eigenvalue weighted by molar-refractivity contribution is 0.547. The van der Waals surface area contributed by atoms with Crippen LogP contribution in [0.1, 0.15) is 12.0 Å². The molecule has 0 unspecified atom stereocenters. The van der Waals surface area contributed by atoms with E-state index in [0.717, 1.165) is 19.6 Å². The van der Waals surface area contributed by atoms with Crippen LogP contribution >= 0.6 is 23.2 Å². The fourth-order valence-corrected chi connectivity index (χ4v) is 2.06. The second-order valence-corrected chi connectivity index (χ2v) is 4.63. The lowest BCUT2D eigenvalue weighted by atomic mass is 10.2. The number of rotatable bonds is 3. The molecule has 1 atom stereocenters. The van der Waals surface area contributed by atoms with Gasteiger partial charge >= 0.3 is 0 Å². The Labute approximate surface area is 100.0 Å². The summed E-state index contributed by atoms with van der Waals surface area (Å²) in [5, 5.41) is 8.04. The Kier molecular flexibility index (Phi) is 3.87. The van der Waals surface area contributed by atoms with E-state index < -0.39 is 0 Å². The van der Waals surface area contributed by atoms with E-state index in [2.05, 4.69) is 10.6 Å². The van der Waals surface area contributed by atoms with Crippen LogP contribution in [0.2, 0.25) is 10.0 Å². The number of halogens is 2. The summed E-state index contributed by atoms with van der Waals surface area (Å²) < 4.78 is 0. The number of nitrogens with one attached hydrogen (secondary N) is 2. The highest BCUT2D eigenvalue weighted by Gasteiger charge is 2.13. The van der Waals surface area contributed by atoms with Gasteiger partial charge in [0.1, 0.15) is 0 Å². The maximum atomic E-state index is 5.94. The first-order valence-electron chi connectivity index (χ1n) is 5.14. The molecule has 1 heterocycles. The summed E-state index contributed by atoms with van der Waals surface area (Å²) >= 11 is 11.8. The molecule has 1 aromatic carbocycles. The van der Waals surface area contributed by atoms with E-state index in [-0.39, 0.29) is 0 Å². The van der Waals surface area contributed by atoms with Gasteiger partial charge in [-0.15, -0.1) is 0 Å². The zero-order chi connectivity index (χ0) is 10.7. The fraction of sp³-hybridized carbons (Fsp3) is 0.455. The fourth-order valence-electron chi connectivity index (χ4n) is 1.74. The zero-order valence-corrected chi connectivity index (χ0v) is 9.91. The van der Waals surface area contributed by atoms with E-state index in [1.54, 1.807) is 0 Å². The van der Waals surface area contributed by atoms with Gasteiger partial charge in [0.15, 0.2) is 0 Å². The van der Waals surface area contributed by atoms with Crippen LogP contribution in [-0.2, 0) is 6.54 Å². The van der Waals surface area contributed by atoms with Crippen molar-refractivity contribution >= 4 is 23.2 Å². The molecule has 1 saturated heterocycles. The molecule has 1 aromatic rings. The van der Waals surface area contributed by atoms with Crippen LogP contribution in [0, 0.1) is 0 Å². The summed E-state index contributed by atoms with van der Waals surface area (Å²) in [6, 6.07) is 6.34. The highest BCUT2D eigenvalue weighted by molar-refractivity contribution is 6.42. The summed E-state index contributed by atoms with van der Waals surface area (Å²) in [6.45, 7) is 3.02. The third-order valence-corrected chi connectivity index (χ3v) is 3.38. The maximum Gasteiger partial charge on any atom is 0.0595 e. The molecule has 15 heavy (non-hydrogen) atoms. The highest BCUT2D eigenvalue weighted by atomic mass is 35.5. The predicted molar refractivity (Wildman–Crippen MR) is 64.6 cm³/mol. The van der Waals surface area contributed by atoms with Crippen LogP contribution in [0.5, 0.6) is 0 Å². The third-order valence-electron chi connectivity index (χ3n) is 2.64. The molecule has 0 aliphatic carbocycles. The standard InChI is InChI=1S/C11H14Cl2N2/c12-10-2-1-8(5-11(10)13)6-15-9-3-4-14-7-9/h1-2,5,9,14-15H,3-4,6-7H2/t9-/m1/s1. The topological polar surface area (TPSA) is 24.1 Å². The number of hydrogen-bond acceptors (Lipinski definition) is 2. The molecular formula is C11H14Cl2N2. The second-order valence-electron chi connectivity index (χ2n) is 3.82. The lowest BCUT2D eigenvalue weighted by Crippen LogP contribution is -2.30. The van der Waals surface area contributed by atoms with Crippen molar-refractivity contribution < 1.29 is 0 Å². The van der Waals surface area contributed by atoms with Crippen molar-refractivity contribution in [3.63, 3.8) is 0 Å². The molecule has 2 nitrogen and oxygen atoms in total. The van der Waals surface area contributed by atoms with Crippen LogP contribution < -0.4 is 10.6 Å². The first kappa shape index (κ1) is 11.2. The van der Waals surface area contributed by atoms with Gasteiger partial charge in [-0.3, -0.25) is 0 Å². The van der Waals surface area contributed by atoms with Gasteiger partial charge in [0, 0.05) is 19.1 Å². The second kappa shape index (κ2) is 5.17. The largest absolute Gasteiger partial charge is 0.315 e. The first-order chi connectivity index (χ1) is 7.25. The minimum Gasteiger partial charge on any atom is -0.315 e. The zero-order valence-electron chi connectivity index (χ0n) is 8.39. The van der Waals surface area contributed by atoms with E-state index in [9.17, 15) is 0 Å². The summed E-state index contributed by atoms with van der Waals surface area (Å²) in [4.78, 5) is 0. The van der Waals surface area contributed by atoms with Crippen molar-refractivity contribution in [1.29, 1.82) is 0 Å². The average Bonchev–Trinajstić information content (AvgIpc) is 2.73. The smallest absolute Gasteiger partial charge is 0.0595 e. The van der Waals surface area contributed by atoms with E-state index in [1.165, 1.54) is 12.0 Å². The Morgan fingerprint density at radius 3 is 2.87 bits per heavy atom. The lowest BCUT2D eigenvalue weighted by Gasteiger charge is -2.11. The molecule has 4 heteroatoms. The van der Waals surface area contributed by atoms with Gasteiger partial charge in [-0.25, -0.2) is 0 Å². The minimum atomic E-state index is 0.583. The van der Waals surface area contributed by atoms with Crippen LogP contribution in [0.3, 0.4) is 0 Å². The molecule has 1 fully saturated rings. The maximum absolute atomic E-state index is 5.94. The van der Waals surface area contributed by atoms with Gasteiger partial charge < -0.3 is 10.6 Å². The van der Waals surface area contributed by atoms with Crippen molar-refractivity contribution in [2.75, 3.05) is 13.1 Å². The van der Waals surface area contributed by atoms with Crippen LogP contribution in [0.15, 0.2) is 18.2 Å². The third kappa shape index (κ3) is 3.08. The van der Waals surface area contributed by atoms with Crippen molar-refractivity contribution in [2.45, 2.75) is 19.0 Å². The summed E-state index contributed by atoms with van der Waals surface area (Å²) in [5.74, 6) is 0. The van der Waals surface area contributed by atoms with E-state index in [1.807, 2.05) is 18.2 Å². The molecule has 0 aromatic heterocycles. The molecule has 0 bridgehead atoms. The molecule has 1 aliphatic heterocycles. The summed E-state index contributed by atoms with van der Waals surface area (Å²) in [7, 11) is 0. The van der Waals surface area contributed by atoms with Gasteiger partial charge in [-0.1, -0.05) is 29.3 Å². The Balaban J connectivity index is 1.90. The Morgan fingerprint density at radius 2 is 2.20 bits per heavy atom. The molecule has 0 saturated carbocycles. The van der Waals surface area contributed by atoms with Gasteiger partial charge in [0.05, 0.1) is 10.0 Å². The molecule has 2 rings (SSSR count). The molecule has 1 aliphatic rings. The quantitative estimate of drug-likeness (QED) is 0.854. The molecule has 2 N–H and O–H groups in total. The van der Waals surface area contributed by atoms with Crippen LogP contribution in [-0.4, -0.2) is 19.1 Å². The van der Waals surface area contributed by atoms with Gasteiger partial charge in [-0.05, 0) is 30.7 Å². The Bertz CT molecular complexity index is 335.